The highest BCUT2D eigenvalue weighted by Crippen LogP contribution is 2.17. The number of aryl methyl sites for hydroxylation is 1. The van der Waals surface area contributed by atoms with Gasteiger partial charge in [-0.25, -0.2) is 0 Å². The van der Waals surface area contributed by atoms with Crippen molar-refractivity contribution in [3.8, 4) is 0 Å². The van der Waals surface area contributed by atoms with E-state index in [0.29, 0.717) is 24.1 Å². The zero-order chi connectivity index (χ0) is 13.1. The van der Waals surface area contributed by atoms with Gasteiger partial charge >= 0.3 is 0 Å². The van der Waals surface area contributed by atoms with Gasteiger partial charge in [0, 0.05) is 0 Å². The average molecular weight is 245 g/mol. The third-order valence-corrected chi connectivity index (χ3v) is 3.10. The summed E-state index contributed by atoms with van der Waals surface area (Å²) in [5.41, 5.74) is 8.42. The SMILES string of the molecule is Cc1ccccc1Cc1nc(C(N)C(C)C)no1. The molecule has 4 heteroatoms. The lowest BCUT2D eigenvalue weighted by Gasteiger charge is -2.09. The normalized spacial score (nSPS) is 12.9. The van der Waals surface area contributed by atoms with Crippen molar-refractivity contribution in [2.24, 2.45) is 11.7 Å². The molecule has 18 heavy (non-hydrogen) atoms. The molecule has 0 aliphatic carbocycles. The van der Waals surface area contributed by atoms with E-state index in [2.05, 4.69) is 29.2 Å². The first-order chi connectivity index (χ1) is 8.58. The number of hydrogen-bond acceptors (Lipinski definition) is 4. The van der Waals surface area contributed by atoms with Crippen LogP contribution < -0.4 is 5.73 Å². The van der Waals surface area contributed by atoms with Gasteiger partial charge in [0.15, 0.2) is 5.82 Å². The molecule has 0 saturated heterocycles. The Morgan fingerprint density at radius 2 is 2.00 bits per heavy atom. The van der Waals surface area contributed by atoms with Crippen LogP contribution in [-0.4, -0.2) is 10.1 Å². The first-order valence-electron chi connectivity index (χ1n) is 6.20. The average Bonchev–Trinajstić information content (AvgIpc) is 2.79. The minimum Gasteiger partial charge on any atom is -0.339 e. The molecule has 4 nitrogen and oxygen atoms in total. The molecule has 1 aromatic carbocycles. The Kier molecular flexibility index (Phi) is 3.77. The van der Waals surface area contributed by atoms with Crippen molar-refractivity contribution in [3.63, 3.8) is 0 Å². The van der Waals surface area contributed by atoms with Crippen LogP contribution in [0.15, 0.2) is 28.8 Å². The zero-order valence-corrected chi connectivity index (χ0v) is 11.1. The lowest BCUT2D eigenvalue weighted by atomic mass is 10.0. The minimum absolute atomic E-state index is 0.167. The maximum absolute atomic E-state index is 5.99. The Morgan fingerprint density at radius 3 is 2.67 bits per heavy atom. The number of aromatic nitrogens is 2. The van der Waals surface area contributed by atoms with Crippen LogP contribution in [-0.2, 0) is 6.42 Å². The van der Waals surface area contributed by atoms with E-state index in [1.54, 1.807) is 0 Å². The fourth-order valence-corrected chi connectivity index (χ4v) is 1.74. The van der Waals surface area contributed by atoms with Gasteiger partial charge in [0.2, 0.25) is 5.89 Å². The van der Waals surface area contributed by atoms with E-state index in [1.165, 1.54) is 11.1 Å². The second kappa shape index (κ2) is 5.31. The van der Waals surface area contributed by atoms with E-state index >= 15 is 0 Å². The summed E-state index contributed by atoms with van der Waals surface area (Å²) in [5, 5.41) is 3.95. The van der Waals surface area contributed by atoms with Gasteiger partial charge in [-0.05, 0) is 24.0 Å². The summed E-state index contributed by atoms with van der Waals surface area (Å²) < 4.78 is 5.25. The van der Waals surface area contributed by atoms with Crippen molar-refractivity contribution in [1.29, 1.82) is 0 Å². The Hall–Kier alpha value is -1.68. The molecule has 0 spiro atoms. The van der Waals surface area contributed by atoms with Crippen LogP contribution >= 0.6 is 0 Å². The van der Waals surface area contributed by atoms with Gasteiger partial charge in [0.05, 0.1) is 12.5 Å². The molecule has 1 aromatic heterocycles. The van der Waals surface area contributed by atoms with E-state index in [0.717, 1.165) is 0 Å². The number of rotatable bonds is 4. The largest absolute Gasteiger partial charge is 0.339 e. The van der Waals surface area contributed by atoms with Crippen LogP contribution in [0.25, 0.3) is 0 Å². The lowest BCUT2D eigenvalue weighted by molar-refractivity contribution is 0.368. The predicted molar refractivity (Wildman–Crippen MR) is 70.0 cm³/mol. The summed E-state index contributed by atoms with van der Waals surface area (Å²) in [4.78, 5) is 4.37. The standard InChI is InChI=1S/C14H19N3O/c1-9(2)13(15)14-16-12(18-17-14)8-11-7-5-4-6-10(11)3/h4-7,9,13H,8,15H2,1-3H3. The summed E-state index contributed by atoms with van der Waals surface area (Å²) in [6, 6.07) is 8.01. The van der Waals surface area contributed by atoms with Crippen molar-refractivity contribution in [1.82, 2.24) is 10.1 Å². The van der Waals surface area contributed by atoms with Crippen molar-refractivity contribution < 1.29 is 4.52 Å². The number of nitrogens with two attached hydrogens (primary N) is 1. The van der Waals surface area contributed by atoms with Gasteiger partial charge in [-0.2, -0.15) is 4.98 Å². The van der Waals surface area contributed by atoms with Crippen molar-refractivity contribution in [2.45, 2.75) is 33.2 Å². The Morgan fingerprint density at radius 1 is 1.28 bits per heavy atom. The van der Waals surface area contributed by atoms with Gasteiger partial charge in [0.1, 0.15) is 0 Å². The van der Waals surface area contributed by atoms with Gasteiger partial charge < -0.3 is 10.3 Å². The number of benzene rings is 1. The van der Waals surface area contributed by atoms with E-state index in [9.17, 15) is 0 Å². The number of nitrogens with zero attached hydrogens (tertiary/aromatic N) is 2. The van der Waals surface area contributed by atoms with E-state index < -0.39 is 0 Å². The Bertz CT molecular complexity index is 519. The zero-order valence-electron chi connectivity index (χ0n) is 11.1. The molecule has 96 valence electrons. The molecule has 0 radical (unpaired) electrons. The maximum atomic E-state index is 5.99. The maximum Gasteiger partial charge on any atom is 0.231 e. The third kappa shape index (κ3) is 2.76. The molecule has 2 rings (SSSR count). The number of hydrogen-bond donors (Lipinski definition) is 1. The van der Waals surface area contributed by atoms with E-state index in [-0.39, 0.29) is 6.04 Å². The van der Waals surface area contributed by atoms with Crippen LogP contribution in [0.1, 0.15) is 42.7 Å². The van der Waals surface area contributed by atoms with Gasteiger partial charge in [0.25, 0.3) is 0 Å². The first kappa shape index (κ1) is 12.8. The third-order valence-electron chi connectivity index (χ3n) is 3.10. The summed E-state index contributed by atoms with van der Waals surface area (Å²) in [7, 11) is 0. The quantitative estimate of drug-likeness (QED) is 0.899. The van der Waals surface area contributed by atoms with E-state index in [4.69, 9.17) is 10.3 Å². The summed E-state index contributed by atoms with van der Waals surface area (Å²) in [6.07, 6.45) is 0.657. The first-order valence-corrected chi connectivity index (χ1v) is 6.20. The second-order valence-electron chi connectivity index (χ2n) is 4.92. The van der Waals surface area contributed by atoms with Gasteiger partial charge in [-0.15, -0.1) is 0 Å². The fourth-order valence-electron chi connectivity index (χ4n) is 1.74. The van der Waals surface area contributed by atoms with Crippen molar-refractivity contribution >= 4 is 0 Å². The molecule has 0 saturated carbocycles. The van der Waals surface area contributed by atoms with Crippen LogP contribution in [0.5, 0.6) is 0 Å². The fraction of sp³-hybridized carbons (Fsp3) is 0.429. The molecule has 0 bridgehead atoms. The Balaban J connectivity index is 2.14. The molecule has 1 atom stereocenters. The topological polar surface area (TPSA) is 64.9 Å². The highest BCUT2D eigenvalue weighted by atomic mass is 16.5. The molecule has 0 aliphatic rings. The van der Waals surface area contributed by atoms with E-state index in [1.807, 2.05) is 26.0 Å². The van der Waals surface area contributed by atoms with Crippen LogP contribution in [0.2, 0.25) is 0 Å². The smallest absolute Gasteiger partial charge is 0.231 e. The molecule has 0 aliphatic heterocycles. The lowest BCUT2D eigenvalue weighted by Crippen LogP contribution is -2.18. The molecular weight excluding hydrogens is 226 g/mol. The monoisotopic (exact) mass is 245 g/mol. The molecule has 2 aromatic rings. The van der Waals surface area contributed by atoms with Gasteiger partial charge in [-0.1, -0.05) is 43.3 Å². The molecule has 0 fully saturated rings. The highest BCUT2D eigenvalue weighted by molar-refractivity contribution is 5.27. The molecule has 1 heterocycles. The van der Waals surface area contributed by atoms with Crippen molar-refractivity contribution in [3.05, 3.63) is 47.1 Å². The summed E-state index contributed by atoms with van der Waals surface area (Å²) >= 11 is 0. The second-order valence-corrected chi connectivity index (χ2v) is 4.92. The van der Waals surface area contributed by atoms with Crippen LogP contribution in [0.3, 0.4) is 0 Å². The molecule has 2 N–H and O–H groups in total. The molecule has 0 amide bonds. The Labute approximate surface area is 107 Å². The van der Waals surface area contributed by atoms with Gasteiger partial charge in [-0.3, -0.25) is 0 Å². The molecular formula is C14H19N3O. The summed E-state index contributed by atoms with van der Waals surface area (Å²) in [5.74, 6) is 1.51. The minimum atomic E-state index is -0.167. The predicted octanol–water partition coefficient (Wildman–Crippen LogP) is 2.62. The summed E-state index contributed by atoms with van der Waals surface area (Å²) in [6.45, 7) is 6.16. The van der Waals surface area contributed by atoms with Crippen molar-refractivity contribution in [2.75, 3.05) is 0 Å². The molecule has 1 unspecified atom stereocenters. The van der Waals surface area contributed by atoms with Crippen LogP contribution in [0, 0.1) is 12.8 Å². The van der Waals surface area contributed by atoms with Crippen LogP contribution in [0.4, 0.5) is 0 Å². The highest BCUT2D eigenvalue weighted by Gasteiger charge is 2.17.